The van der Waals surface area contributed by atoms with Crippen molar-refractivity contribution < 1.29 is 19.0 Å². The zero-order valence-electron chi connectivity index (χ0n) is 15.8. The molecule has 0 spiro atoms. The maximum Gasteiger partial charge on any atom is 0.230 e. The SMILES string of the molecule is CCc1ccc2nc(NC(=O)Cc3cc(OC)c(OC)c(OC)c3)sc2c1. The third kappa shape index (κ3) is 4.14. The number of aromatic nitrogens is 1. The molecule has 3 rings (SSSR count). The molecule has 6 nitrogen and oxygen atoms in total. The van der Waals surface area contributed by atoms with E-state index in [-0.39, 0.29) is 12.3 Å². The van der Waals surface area contributed by atoms with Gasteiger partial charge in [-0.05, 0) is 41.8 Å². The van der Waals surface area contributed by atoms with E-state index in [2.05, 4.69) is 29.4 Å². The summed E-state index contributed by atoms with van der Waals surface area (Å²) in [5, 5.41) is 3.47. The molecular weight excluding hydrogens is 364 g/mol. The molecule has 142 valence electrons. The van der Waals surface area contributed by atoms with E-state index >= 15 is 0 Å². The summed E-state index contributed by atoms with van der Waals surface area (Å²) in [6.07, 6.45) is 1.14. The minimum atomic E-state index is -0.154. The van der Waals surface area contributed by atoms with Gasteiger partial charge in [-0.25, -0.2) is 4.98 Å². The molecule has 0 bridgehead atoms. The van der Waals surface area contributed by atoms with Gasteiger partial charge in [0.05, 0.1) is 38.0 Å². The molecule has 0 saturated carbocycles. The Morgan fingerprint density at radius 3 is 2.33 bits per heavy atom. The molecule has 0 radical (unpaired) electrons. The first kappa shape index (κ1) is 19.0. The van der Waals surface area contributed by atoms with Crippen molar-refractivity contribution in [3.63, 3.8) is 0 Å². The molecule has 0 saturated heterocycles. The molecule has 1 N–H and O–H groups in total. The largest absolute Gasteiger partial charge is 0.493 e. The average Bonchev–Trinajstić information content (AvgIpc) is 3.07. The van der Waals surface area contributed by atoms with E-state index in [0.717, 1.165) is 22.2 Å². The number of aryl methyl sites for hydroxylation is 1. The molecule has 27 heavy (non-hydrogen) atoms. The lowest BCUT2D eigenvalue weighted by atomic mass is 10.1. The Bertz CT molecular complexity index is 943. The minimum Gasteiger partial charge on any atom is -0.493 e. The van der Waals surface area contributed by atoms with Crippen molar-refractivity contribution in [1.29, 1.82) is 0 Å². The van der Waals surface area contributed by atoms with Gasteiger partial charge in [0.25, 0.3) is 0 Å². The third-order valence-electron chi connectivity index (χ3n) is 4.20. The van der Waals surface area contributed by atoms with E-state index in [4.69, 9.17) is 14.2 Å². The maximum absolute atomic E-state index is 12.5. The minimum absolute atomic E-state index is 0.154. The average molecular weight is 386 g/mol. The number of carbonyl (C=O) groups excluding carboxylic acids is 1. The van der Waals surface area contributed by atoms with Crippen LogP contribution in [0.1, 0.15) is 18.1 Å². The quantitative estimate of drug-likeness (QED) is 0.663. The summed E-state index contributed by atoms with van der Waals surface area (Å²) in [5.74, 6) is 1.39. The third-order valence-corrected chi connectivity index (χ3v) is 5.13. The second-order valence-corrected chi connectivity index (χ2v) is 6.96. The fourth-order valence-corrected chi connectivity index (χ4v) is 3.77. The van der Waals surface area contributed by atoms with Gasteiger partial charge in [0, 0.05) is 0 Å². The first-order valence-electron chi connectivity index (χ1n) is 8.56. The molecule has 3 aromatic rings. The van der Waals surface area contributed by atoms with Crippen LogP contribution in [0.2, 0.25) is 0 Å². The molecular formula is C20H22N2O4S. The molecule has 0 atom stereocenters. The zero-order valence-corrected chi connectivity index (χ0v) is 16.6. The number of hydrogen-bond acceptors (Lipinski definition) is 6. The molecule has 7 heteroatoms. The Balaban J connectivity index is 1.77. The standard InChI is InChI=1S/C20H22N2O4S/c1-5-12-6-7-14-17(10-12)27-20(21-14)22-18(23)11-13-8-15(24-2)19(26-4)16(9-13)25-3/h6-10H,5,11H2,1-4H3,(H,21,22,23). The van der Waals surface area contributed by atoms with E-state index in [1.807, 2.05) is 6.07 Å². The predicted molar refractivity (Wildman–Crippen MR) is 107 cm³/mol. The van der Waals surface area contributed by atoms with Gasteiger partial charge in [-0.3, -0.25) is 4.79 Å². The Morgan fingerprint density at radius 1 is 1.04 bits per heavy atom. The molecule has 0 aliphatic carbocycles. The highest BCUT2D eigenvalue weighted by molar-refractivity contribution is 7.22. The summed E-state index contributed by atoms with van der Waals surface area (Å²) < 4.78 is 17.0. The monoisotopic (exact) mass is 386 g/mol. The van der Waals surface area contributed by atoms with E-state index in [1.165, 1.54) is 16.9 Å². The van der Waals surface area contributed by atoms with Crippen LogP contribution in [0.4, 0.5) is 5.13 Å². The highest BCUT2D eigenvalue weighted by atomic mass is 32.1. The molecule has 0 aliphatic heterocycles. The summed E-state index contributed by atoms with van der Waals surface area (Å²) in [6, 6.07) is 9.70. The number of methoxy groups -OCH3 is 3. The van der Waals surface area contributed by atoms with Gasteiger partial charge in [0.2, 0.25) is 11.7 Å². The Kier molecular flexibility index (Phi) is 5.81. The highest BCUT2D eigenvalue weighted by Gasteiger charge is 2.16. The Hall–Kier alpha value is -2.80. The summed E-state index contributed by atoms with van der Waals surface area (Å²) in [4.78, 5) is 17.0. The van der Waals surface area contributed by atoms with Crippen molar-refractivity contribution in [2.75, 3.05) is 26.6 Å². The molecule has 0 aliphatic rings. The van der Waals surface area contributed by atoms with Crippen LogP contribution in [0.25, 0.3) is 10.2 Å². The molecule has 0 fully saturated rings. The van der Waals surface area contributed by atoms with Gasteiger partial charge in [0.1, 0.15) is 0 Å². The van der Waals surface area contributed by atoms with Gasteiger partial charge < -0.3 is 19.5 Å². The first-order valence-corrected chi connectivity index (χ1v) is 9.37. The van der Waals surface area contributed by atoms with Gasteiger partial charge in [-0.2, -0.15) is 0 Å². The number of hydrogen-bond donors (Lipinski definition) is 1. The Morgan fingerprint density at radius 2 is 1.74 bits per heavy atom. The number of fused-ring (bicyclic) bond motifs is 1. The van der Waals surface area contributed by atoms with Crippen LogP contribution < -0.4 is 19.5 Å². The fraction of sp³-hybridized carbons (Fsp3) is 0.300. The fourth-order valence-electron chi connectivity index (χ4n) is 2.83. The van der Waals surface area contributed by atoms with Crippen molar-refractivity contribution in [2.45, 2.75) is 19.8 Å². The lowest BCUT2D eigenvalue weighted by Gasteiger charge is -2.13. The molecule has 1 heterocycles. The summed E-state index contributed by atoms with van der Waals surface area (Å²) >= 11 is 1.47. The summed E-state index contributed by atoms with van der Waals surface area (Å²) in [5.41, 5.74) is 2.90. The zero-order chi connectivity index (χ0) is 19.4. The molecule has 1 aromatic heterocycles. The number of carbonyl (C=O) groups is 1. The van der Waals surface area contributed by atoms with Gasteiger partial charge >= 0.3 is 0 Å². The van der Waals surface area contributed by atoms with Crippen LogP contribution in [0, 0.1) is 0 Å². The number of benzene rings is 2. The topological polar surface area (TPSA) is 69.7 Å². The van der Waals surface area contributed by atoms with Crippen molar-refractivity contribution in [3.8, 4) is 17.2 Å². The lowest BCUT2D eigenvalue weighted by Crippen LogP contribution is -2.14. The summed E-state index contributed by atoms with van der Waals surface area (Å²) in [6.45, 7) is 2.11. The highest BCUT2D eigenvalue weighted by Crippen LogP contribution is 2.38. The van der Waals surface area contributed by atoms with E-state index < -0.39 is 0 Å². The normalized spacial score (nSPS) is 10.7. The molecule has 0 unspecified atom stereocenters. The number of rotatable bonds is 7. The van der Waals surface area contributed by atoms with Crippen LogP contribution in [0.15, 0.2) is 30.3 Å². The van der Waals surface area contributed by atoms with Gasteiger partial charge in [-0.1, -0.05) is 24.3 Å². The van der Waals surface area contributed by atoms with Gasteiger partial charge in [0.15, 0.2) is 16.6 Å². The van der Waals surface area contributed by atoms with Gasteiger partial charge in [-0.15, -0.1) is 0 Å². The smallest absolute Gasteiger partial charge is 0.230 e. The van der Waals surface area contributed by atoms with Crippen molar-refractivity contribution in [2.24, 2.45) is 0 Å². The first-order chi connectivity index (χ1) is 13.1. The van der Waals surface area contributed by atoms with Crippen LogP contribution in [-0.2, 0) is 17.6 Å². The number of anilines is 1. The molecule has 1 amide bonds. The number of nitrogens with zero attached hydrogens (tertiary/aromatic N) is 1. The lowest BCUT2D eigenvalue weighted by molar-refractivity contribution is -0.115. The van der Waals surface area contributed by atoms with E-state index in [0.29, 0.717) is 22.4 Å². The number of amides is 1. The van der Waals surface area contributed by atoms with Crippen molar-refractivity contribution in [3.05, 3.63) is 41.5 Å². The summed E-state index contributed by atoms with van der Waals surface area (Å²) in [7, 11) is 4.64. The van der Waals surface area contributed by atoms with Crippen LogP contribution >= 0.6 is 11.3 Å². The number of ether oxygens (including phenoxy) is 3. The van der Waals surface area contributed by atoms with Crippen molar-refractivity contribution in [1.82, 2.24) is 4.98 Å². The van der Waals surface area contributed by atoms with E-state index in [9.17, 15) is 4.79 Å². The maximum atomic E-state index is 12.5. The number of nitrogens with one attached hydrogen (secondary N) is 1. The predicted octanol–water partition coefficient (Wildman–Crippen LogP) is 4.07. The number of thiazole rings is 1. The van der Waals surface area contributed by atoms with Crippen molar-refractivity contribution >= 4 is 32.6 Å². The van der Waals surface area contributed by atoms with Crippen LogP contribution in [0.3, 0.4) is 0 Å². The van der Waals surface area contributed by atoms with E-state index in [1.54, 1.807) is 33.5 Å². The second kappa shape index (κ2) is 8.26. The molecule has 2 aromatic carbocycles. The second-order valence-electron chi connectivity index (χ2n) is 5.93. The van der Waals surface area contributed by atoms with Crippen LogP contribution in [-0.4, -0.2) is 32.2 Å². The Labute approximate surface area is 162 Å². The van der Waals surface area contributed by atoms with Crippen LogP contribution in [0.5, 0.6) is 17.2 Å².